The van der Waals surface area contributed by atoms with Crippen molar-refractivity contribution < 1.29 is 9.59 Å². The lowest BCUT2D eigenvalue weighted by Gasteiger charge is -2.32. The number of carbonyl (C=O) groups excluding carboxylic acids is 2. The predicted molar refractivity (Wildman–Crippen MR) is 104 cm³/mol. The lowest BCUT2D eigenvalue weighted by Crippen LogP contribution is -2.39. The number of benzene rings is 1. The van der Waals surface area contributed by atoms with Crippen LogP contribution in [0.25, 0.3) is 0 Å². The lowest BCUT2D eigenvalue weighted by molar-refractivity contribution is -0.117. The Morgan fingerprint density at radius 2 is 2.00 bits per heavy atom. The van der Waals surface area contributed by atoms with E-state index in [4.69, 9.17) is 0 Å². The number of imidazole rings is 1. The van der Waals surface area contributed by atoms with Crippen molar-refractivity contribution in [1.29, 1.82) is 0 Å². The van der Waals surface area contributed by atoms with Gasteiger partial charge in [-0.05, 0) is 50.5 Å². The Morgan fingerprint density at radius 1 is 1.19 bits per heavy atom. The van der Waals surface area contributed by atoms with E-state index in [9.17, 15) is 9.59 Å². The molecule has 2 aliphatic rings. The molecule has 0 aliphatic carbocycles. The molecule has 0 unspecified atom stereocenters. The fourth-order valence-electron chi connectivity index (χ4n) is 4.21. The number of anilines is 1. The maximum absolute atomic E-state index is 13.0. The molecule has 1 aromatic heterocycles. The second kappa shape index (κ2) is 7.55. The Kier molecular flexibility index (Phi) is 4.97. The first-order chi connectivity index (χ1) is 13.2. The molecule has 1 aromatic carbocycles. The molecule has 2 aromatic rings. The van der Waals surface area contributed by atoms with Gasteiger partial charge < -0.3 is 14.4 Å². The Balaban J connectivity index is 1.46. The minimum absolute atomic E-state index is 0.0635. The normalized spacial score (nSPS) is 20.3. The molecule has 6 heteroatoms. The SMILES string of the molecule is CCn1ccnc1[C@@H]1CCCN(C(=O)c2ccc(N3CCCC3=O)cc2)C1. The van der Waals surface area contributed by atoms with Gasteiger partial charge in [0, 0.05) is 62.2 Å². The van der Waals surface area contributed by atoms with Crippen LogP contribution < -0.4 is 4.90 Å². The van der Waals surface area contributed by atoms with Crippen molar-refractivity contribution in [2.75, 3.05) is 24.5 Å². The van der Waals surface area contributed by atoms with E-state index in [0.717, 1.165) is 50.4 Å². The van der Waals surface area contributed by atoms with Crippen LogP contribution in [0.3, 0.4) is 0 Å². The van der Waals surface area contributed by atoms with Gasteiger partial charge in [-0.2, -0.15) is 0 Å². The van der Waals surface area contributed by atoms with Gasteiger partial charge in [-0.15, -0.1) is 0 Å². The first kappa shape index (κ1) is 17.8. The zero-order chi connectivity index (χ0) is 18.8. The van der Waals surface area contributed by atoms with E-state index in [1.54, 1.807) is 4.90 Å². The summed E-state index contributed by atoms with van der Waals surface area (Å²) < 4.78 is 2.17. The van der Waals surface area contributed by atoms with E-state index >= 15 is 0 Å². The third-order valence-corrected chi connectivity index (χ3v) is 5.66. The van der Waals surface area contributed by atoms with Crippen LogP contribution in [0.4, 0.5) is 5.69 Å². The van der Waals surface area contributed by atoms with Gasteiger partial charge in [0.25, 0.3) is 5.91 Å². The second-order valence-corrected chi connectivity index (χ2v) is 7.36. The summed E-state index contributed by atoms with van der Waals surface area (Å²) in [6, 6.07) is 7.48. The first-order valence-electron chi connectivity index (χ1n) is 9.88. The second-order valence-electron chi connectivity index (χ2n) is 7.36. The number of hydrogen-bond donors (Lipinski definition) is 0. The summed E-state index contributed by atoms with van der Waals surface area (Å²) >= 11 is 0. The van der Waals surface area contributed by atoms with Gasteiger partial charge in [-0.1, -0.05) is 0 Å². The molecule has 0 bridgehead atoms. The Hall–Kier alpha value is -2.63. The average molecular weight is 366 g/mol. The molecule has 27 heavy (non-hydrogen) atoms. The first-order valence-corrected chi connectivity index (χ1v) is 9.88. The molecule has 3 heterocycles. The number of hydrogen-bond acceptors (Lipinski definition) is 3. The van der Waals surface area contributed by atoms with E-state index in [-0.39, 0.29) is 11.8 Å². The van der Waals surface area contributed by atoms with Gasteiger partial charge in [0.05, 0.1) is 0 Å². The monoisotopic (exact) mass is 366 g/mol. The van der Waals surface area contributed by atoms with Crippen molar-refractivity contribution in [1.82, 2.24) is 14.5 Å². The fraction of sp³-hybridized carbons (Fsp3) is 0.476. The molecule has 4 rings (SSSR count). The summed E-state index contributed by atoms with van der Waals surface area (Å²) in [4.78, 5) is 33.1. The molecule has 2 aliphatic heterocycles. The molecule has 2 fully saturated rings. The van der Waals surface area contributed by atoms with Gasteiger partial charge in [-0.3, -0.25) is 9.59 Å². The molecule has 0 spiro atoms. The van der Waals surface area contributed by atoms with Gasteiger partial charge in [0.1, 0.15) is 5.82 Å². The zero-order valence-corrected chi connectivity index (χ0v) is 15.8. The molecule has 2 amide bonds. The predicted octanol–water partition coefficient (Wildman–Crippen LogP) is 3.05. The lowest BCUT2D eigenvalue weighted by atomic mass is 9.96. The molecule has 0 N–H and O–H groups in total. The highest BCUT2D eigenvalue weighted by atomic mass is 16.2. The minimum Gasteiger partial charge on any atom is -0.338 e. The van der Waals surface area contributed by atoms with E-state index < -0.39 is 0 Å². The molecule has 142 valence electrons. The Morgan fingerprint density at radius 3 is 2.70 bits per heavy atom. The summed E-state index contributed by atoms with van der Waals surface area (Å²) in [5.41, 5.74) is 1.57. The maximum Gasteiger partial charge on any atom is 0.253 e. The summed E-state index contributed by atoms with van der Waals surface area (Å²) in [5.74, 6) is 1.60. The summed E-state index contributed by atoms with van der Waals surface area (Å²) in [6.07, 6.45) is 7.43. The van der Waals surface area contributed by atoms with E-state index in [0.29, 0.717) is 24.4 Å². The van der Waals surface area contributed by atoms with Crippen molar-refractivity contribution in [2.24, 2.45) is 0 Å². The zero-order valence-electron chi connectivity index (χ0n) is 15.8. The quantitative estimate of drug-likeness (QED) is 0.836. The van der Waals surface area contributed by atoms with E-state index in [2.05, 4.69) is 16.5 Å². The number of aromatic nitrogens is 2. The standard InChI is InChI=1S/C21H26N4O2/c1-2-23-14-11-22-20(23)17-5-3-12-24(15-17)21(27)16-7-9-18(10-8-16)25-13-4-6-19(25)26/h7-11,14,17H,2-6,12-13,15H2,1H3/t17-/m1/s1. The molecule has 0 radical (unpaired) electrons. The number of aryl methyl sites for hydroxylation is 1. The molecular formula is C21H26N4O2. The van der Waals surface area contributed by atoms with Gasteiger partial charge in [0.15, 0.2) is 0 Å². The highest BCUT2D eigenvalue weighted by Gasteiger charge is 2.28. The summed E-state index contributed by atoms with van der Waals surface area (Å²) in [5, 5.41) is 0. The number of amides is 2. The number of carbonyl (C=O) groups is 2. The van der Waals surface area contributed by atoms with Crippen LogP contribution in [0.5, 0.6) is 0 Å². The highest BCUT2D eigenvalue weighted by Crippen LogP contribution is 2.27. The smallest absolute Gasteiger partial charge is 0.253 e. The third-order valence-electron chi connectivity index (χ3n) is 5.66. The number of rotatable bonds is 4. The molecular weight excluding hydrogens is 340 g/mol. The van der Waals surface area contributed by atoms with Gasteiger partial charge >= 0.3 is 0 Å². The number of likely N-dealkylation sites (tertiary alicyclic amines) is 1. The minimum atomic E-state index is 0.0635. The third kappa shape index (κ3) is 3.48. The average Bonchev–Trinajstić information content (AvgIpc) is 3.36. The van der Waals surface area contributed by atoms with Crippen LogP contribution in [0.1, 0.15) is 54.7 Å². The molecule has 1 atom stereocenters. The van der Waals surface area contributed by atoms with Crippen molar-refractivity contribution in [3.05, 3.63) is 48.0 Å². The van der Waals surface area contributed by atoms with Gasteiger partial charge in [-0.25, -0.2) is 4.98 Å². The largest absolute Gasteiger partial charge is 0.338 e. The molecule has 0 saturated carbocycles. The van der Waals surface area contributed by atoms with E-state index in [1.165, 1.54) is 0 Å². The van der Waals surface area contributed by atoms with Crippen LogP contribution in [-0.4, -0.2) is 45.9 Å². The number of piperidine rings is 1. The molecule has 6 nitrogen and oxygen atoms in total. The maximum atomic E-state index is 13.0. The Labute approximate surface area is 159 Å². The Bertz CT molecular complexity index is 827. The topological polar surface area (TPSA) is 58.4 Å². The summed E-state index contributed by atoms with van der Waals surface area (Å²) in [7, 11) is 0. The fourth-order valence-corrected chi connectivity index (χ4v) is 4.21. The van der Waals surface area contributed by atoms with Crippen LogP contribution in [0.15, 0.2) is 36.7 Å². The van der Waals surface area contributed by atoms with Crippen LogP contribution in [0, 0.1) is 0 Å². The van der Waals surface area contributed by atoms with Crippen LogP contribution in [-0.2, 0) is 11.3 Å². The highest BCUT2D eigenvalue weighted by molar-refractivity contribution is 5.97. The van der Waals surface area contributed by atoms with Gasteiger partial charge in [0.2, 0.25) is 5.91 Å². The van der Waals surface area contributed by atoms with Crippen molar-refractivity contribution in [2.45, 2.75) is 45.1 Å². The van der Waals surface area contributed by atoms with Crippen molar-refractivity contribution in [3.8, 4) is 0 Å². The van der Waals surface area contributed by atoms with E-state index in [1.807, 2.05) is 41.6 Å². The summed E-state index contributed by atoms with van der Waals surface area (Å²) in [6.45, 7) is 5.28. The van der Waals surface area contributed by atoms with Crippen molar-refractivity contribution >= 4 is 17.5 Å². The van der Waals surface area contributed by atoms with Crippen LogP contribution in [0.2, 0.25) is 0 Å². The van der Waals surface area contributed by atoms with Crippen LogP contribution >= 0.6 is 0 Å². The van der Waals surface area contributed by atoms with Crippen molar-refractivity contribution in [3.63, 3.8) is 0 Å². The molecule has 2 saturated heterocycles. The number of nitrogens with zero attached hydrogens (tertiary/aromatic N) is 4.